The molecule has 0 radical (unpaired) electrons. The van der Waals surface area contributed by atoms with Crippen LogP contribution in [0.1, 0.15) is 335 Å². The molecule has 0 heterocycles. The van der Waals surface area contributed by atoms with E-state index < -0.39 is 6.10 Å². The van der Waals surface area contributed by atoms with Crippen LogP contribution in [0.4, 0.5) is 0 Å². The zero-order valence-corrected chi connectivity index (χ0v) is 57.4. The molecule has 0 saturated heterocycles. The van der Waals surface area contributed by atoms with Crippen molar-refractivity contribution in [1.82, 2.24) is 0 Å². The molecule has 0 fully saturated rings. The standard InChI is InChI=1S/C83H138O5/c1-3-5-7-9-11-13-15-17-19-21-23-25-27-29-31-33-35-37-39-40-41-42-44-46-48-50-52-54-56-58-60-62-64-66-68-70-72-74-76-78-83(86)88-81(79-84)80-87-82(85)77-75-73-71-69-67-65-63-61-59-57-55-53-51-49-47-45-43-38-36-34-32-30-28-26-24-22-20-18-16-14-12-10-8-6-4-2/h5-8,11-14,17-20,23-26,29-32,35,37,40-41,44,46,81,84H,3-4,9-10,15-16,21-22,27-28,33-34,36,38-39,42-43,45,47-80H2,1-2H3/b7-5-,8-6-,13-11-,14-12-,19-17-,20-18-,25-23-,26-24-,31-29-,32-30-,37-35-,41-40-,46-44-. The van der Waals surface area contributed by atoms with Crippen molar-refractivity contribution in [2.24, 2.45) is 0 Å². The summed E-state index contributed by atoms with van der Waals surface area (Å²) in [6.45, 7) is 3.94. The highest BCUT2D eigenvalue weighted by Crippen LogP contribution is 2.18. The predicted molar refractivity (Wildman–Crippen MR) is 389 cm³/mol. The molecule has 1 N–H and O–H groups in total. The van der Waals surface area contributed by atoms with E-state index in [1.54, 1.807) is 0 Å². The third-order valence-electron chi connectivity index (χ3n) is 15.8. The Kier molecular flexibility index (Phi) is 72.9. The average molecular weight is 1220 g/mol. The van der Waals surface area contributed by atoms with Gasteiger partial charge in [0.05, 0.1) is 6.61 Å². The van der Waals surface area contributed by atoms with Crippen LogP contribution < -0.4 is 0 Å². The maximum atomic E-state index is 12.4. The van der Waals surface area contributed by atoms with Crippen LogP contribution in [0.15, 0.2) is 158 Å². The first-order valence-corrected chi connectivity index (χ1v) is 37.0. The molecular weight excluding hydrogens is 1080 g/mol. The quantitative estimate of drug-likeness (QED) is 0.0373. The summed E-state index contributed by atoms with van der Waals surface area (Å²) in [6.07, 6.45) is 117. The van der Waals surface area contributed by atoms with Crippen molar-refractivity contribution >= 4 is 11.9 Å². The second-order valence-electron chi connectivity index (χ2n) is 24.3. The van der Waals surface area contributed by atoms with E-state index in [0.29, 0.717) is 12.8 Å². The molecule has 0 aliphatic rings. The second kappa shape index (κ2) is 76.8. The topological polar surface area (TPSA) is 72.8 Å². The third kappa shape index (κ3) is 74.0. The van der Waals surface area contributed by atoms with E-state index in [4.69, 9.17) is 9.47 Å². The lowest BCUT2D eigenvalue weighted by Crippen LogP contribution is -2.28. The number of hydrogen-bond donors (Lipinski definition) is 1. The minimum atomic E-state index is -0.781. The van der Waals surface area contributed by atoms with Gasteiger partial charge < -0.3 is 14.6 Å². The number of aliphatic hydroxyl groups excluding tert-OH is 1. The Hall–Kier alpha value is -4.48. The molecular formula is C83H138O5. The van der Waals surface area contributed by atoms with Crippen molar-refractivity contribution in [3.8, 4) is 0 Å². The van der Waals surface area contributed by atoms with Crippen LogP contribution in [0.5, 0.6) is 0 Å². The lowest BCUT2D eigenvalue weighted by Gasteiger charge is -2.15. The maximum absolute atomic E-state index is 12.4. The molecule has 0 rings (SSSR count). The number of esters is 2. The molecule has 0 amide bonds. The molecule has 88 heavy (non-hydrogen) atoms. The lowest BCUT2D eigenvalue weighted by molar-refractivity contribution is -0.161. The minimum absolute atomic E-state index is 0.0695. The van der Waals surface area contributed by atoms with Crippen LogP contribution in [-0.2, 0) is 19.1 Å². The largest absolute Gasteiger partial charge is 0.462 e. The van der Waals surface area contributed by atoms with E-state index in [2.05, 4.69) is 172 Å². The summed E-state index contributed by atoms with van der Waals surface area (Å²) in [7, 11) is 0. The highest BCUT2D eigenvalue weighted by atomic mass is 16.6. The van der Waals surface area contributed by atoms with Gasteiger partial charge in [-0.15, -0.1) is 0 Å². The molecule has 500 valence electrons. The fraction of sp³-hybridized carbons (Fsp3) is 0.663. The van der Waals surface area contributed by atoms with Crippen LogP contribution in [0.2, 0.25) is 0 Å². The summed E-state index contributed by atoms with van der Waals surface area (Å²) >= 11 is 0. The summed E-state index contributed by atoms with van der Waals surface area (Å²) in [5.41, 5.74) is 0. The molecule has 0 aromatic heterocycles. The number of rotatable bonds is 67. The first-order chi connectivity index (χ1) is 43.6. The van der Waals surface area contributed by atoms with Crippen LogP contribution in [0.3, 0.4) is 0 Å². The van der Waals surface area contributed by atoms with Gasteiger partial charge in [0, 0.05) is 12.8 Å². The fourth-order valence-electron chi connectivity index (χ4n) is 10.4. The van der Waals surface area contributed by atoms with E-state index in [1.807, 2.05) is 0 Å². The van der Waals surface area contributed by atoms with Crippen molar-refractivity contribution < 1.29 is 24.2 Å². The van der Waals surface area contributed by atoms with Crippen LogP contribution in [0.25, 0.3) is 0 Å². The lowest BCUT2D eigenvalue weighted by atomic mass is 10.0. The molecule has 0 aromatic carbocycles. The number of allylic oxidation sites excluding steroid dienone is 26. The smallest absolute Gasteiger partial charge is 0.306 e. The second-order valence-corrected chi connectivity index (χ2v) is 24.3. The molecule has 0 aliphatic heterocycles. The van der Waals surface area contributed by atoms with Gasteiger partial charge in [0.2, 0.25) is 0 Å². The maximum Gasteiger partial charge on any atom is 0.306 e. The highest BCUT2D eigenvalue weighted by molar-refractivity contribution is 5.70. The zero-order chi connectivity index (χ0) is 63.3. The minimum Gasteiger partial charge on any atom is -0.462 e. The Bertz CT molecular complexity index is 1860. The molecule has 5 heteroatoms. The first kappa shape index (κ1) is 83.5. The van der Waals surface area contributed by atoms with Gasteiger partial charge in [-0.1, -0.05) is 358 Å². The van der Waals surface area contributed by atoms with E-state index >= 15 is 0 Å². The fourth-order valence-corrected chi connectivity index (χ4v) is 10.4. The van der Waals surface area contributed by atoms with E-state index in [0.717, 1.165) is 122 Å². The van der Waals surface area contributed by atoms with Gasteiger partial charge in [0.1, 0.15) is 6.61 Å². The van der Waals surface area contributed by atoms with Crippen LogP contribution in [-0.4, -0.2) is 36.4 Å². The molecule has 0 saturated carbocycles. The zero-order valence-electron chi connectivity index (χ0n) is 57.4. The molecule has 0 aromatic rings. The van der Waals surface area contributed by atoms with Crippen molar-refractivity contribution in [3.63, 3.8) is 0 Å². The molecule has 1 atom stereocenters. The predicted octanol–water partition coefficient (Wildman–Crippen LogP) is 26.2. The Morgan fingerprint density at radius 1 is 0.261 bits per heavy atom. The Balaban J connectivity index is 3.48. The Morgan fingerprint density at radius 2 is 0.455 bits per heavy atom. The summed E-state index contributed by atoms with van der Waals surface area (Å²) in [5.74, 6) is -0.585. The summed E-state index contributed by atoms with van der Waals surface area (Å²) in [5, 5.41) is 9.72. The van der Waals surface area contributed by atoms with Gasteiger partial charge in [-0.2, -0.15) is 0 Å². The molecule has 0 aliphatic carbocycles. The van der Waals surface area contributed by atoms with E-state index in [9.17, 15) is 14.7 Å². The van der Waals surface area contributed by atoms with Crippen LogP contribution in [0, 0.1) is 0 Å². The summed E-state index contributed by atoms with van der Waals surface area (Å²) < 4.78 is 10.8. The van der Waals surface area contributed by atoms with Gasteiger partial charge in [0.15, 0.2) is 6.10 Å². The SMILES string of the molecule is CC/C=C\C/C=C\C/C=C\C/C=C\C/C=C\C/C=C\C/C=C\C/C=C\CCCCCCCCCCCCCCCCC(=O)OC(CO)COC(=O)CCCCCCCCCCCCCCCCCCCCC/C=C\C/C=C\C/C=C\C/C=C\C/C=C\CC. The van der Waals surface area contributed by atoms with E-state index in [-0.39, 0.29) is 25.2 Å². The highest BCUT2D eigenvalue weighted by Gasteiger charge is 2.16. The average Bonchev–Trinajstić information content (AvgIpc) is 3.54. The van der Waals surface area contributed by atoms with Gasteiger partial charge in [-0.25, -0.2) is 0 Å². The van der Waals surface area contributed by atoms with Gasteiger partial charge in [-0.05, 0) is 122 Å². The molecule has 1 unspecified atom stereocenters. The monoisotopic (exact) mass is 1220 g/mol. The number of ether oxygens (including phenoxy) is 2. The number of carbonyl (C=O) groups excluding carboxylic acids is 2. The first-order valence-electron chi connectivity index (χ1n) is 37.0. The van der Waals surface area contributed by atoms with Gasteiger partial charge >= 0.3 is 11.9 Å². The summed E-state index contributed by atoms with van der Waals surface area (Å²) in [4.78, 5) is 24.7. The normalized spacial score (nSPS) is 13.2. The number of hydrogen-bond acceptors (Lipinski definition) is 5. The molecule has 0 spiro atoms. The molecule has 5 nitrogen and oxygen atoms in total. The van der Waals surface area contributed by atoms with E-state index in [1.165, 1.54) is 186 Å². The van der Waals surface area contributed by atoms with Crippen molar-refractivity contribution in [1.29, 1.82) is 0 Å². The van der Waals surface area contributed by atoms with Crippen LogP contribution >= 0.6 is 0 Å². The Labute approximate surface area is 545 Å². The Morgan fingerprint density at radius 3 is 0.682 bits per heavy atom. The van der Waals surface area contributed by atoms with Crippen molar-refractivity contribution in [3.05, 3.63) is 158 Å². The number of carbonyl (C=O) groups is 2. The molecule has 0 bridgehead atoms. The van der Waals surface area contributed by atoms with Gasteiger partial charge in [0.25, 0.3) is 0 Å². The van der Waals surface area contributed by atoms with Crippen molar-refractivity contribution in [2.45, 2.75) is 341 Å². The number of unbranched alkanes of at least 4 members (excludes halogenated alkanes) is 33. The van der Waals surface area contributed by atoms with Crippen molar-refractivity contribution in [2.75, 3.05) is 13.2 Å². The number of aliphatic hydroxyl groups is 1. The van der Waals surface area contributed by atoms with Gasteiger partial charge in [-0.3, -0.25) is 9.59 Å². The summed E-state index contributed by atoms with van der Waals surface area (Å²) in [6, 6.07) is 0. The third-order valence-corrected chi connectivity index (χ3v) is 15.8.